The minimum absolute atomic E-state index is 0.111. The Balaban J connectivity index is 4.51. The summed E-state index contributed by atoms with van der Waals surface area (Å²) in [6.07, 6.45) is 65.0. The molecule has 0 spiro atoms. The van der Waals surface area contributed by atoms with E-state index in [2.05, 4.69) is 81.5 Å². The van der Waals surface area contributed by atoms with E-state index >= 15 is 0 Å². The SMILES string of the molecule is CC\C=C/C=C\C=C/C=C\C=C/CCCCCC(=O)OC(COC(=O)CCCCC/C=C\C=C/CCCC)COC(=O)CCCCCCCCC/C=C\C/C=C\CCCCC. The van der Waals surface area contributed by atoms with Gasteiger partial charge in [-0.3, -0.25) is 14.4 Å². The standard InChI is InChI=1S/C55H88O6/c1-4-7-10-13-16-19-22-24-26-27-29-30-33-36-39-42-45-48-54(57)60-51-52(50-59-53(56)47-44-41-38-35-32-21-18-15-12-9-6-3)61-55(58)49-46-43-40-37-34-31-28-25-23-20-17-14-11-8-5-2/h8,11,14-21,23-26,28,31-32,34,52H,4-7,9-10,12-13,22,27,29-30,33,35-51H2,1-3H3/b11-8-,17-14-,18-15-,19-16-,23-20-,26-24-,28-25-,32-21-,34-31-. The van der Waals surface area contributed by atoms with E-state index in [1.54, 1.807) is 0 Å². The number of unbranched alkanes of at least 4 members (excludes halogenated alkanes) is 18. The first-order valence-electron chi connectivity index (χ1n) is 24.5. The molecule has 0 aliphatic heterocycles. The van der Waals surface area contributed by atoms with Crippen molar-refractivity contribution in [1.29, 1.82) is 0 Å². The lowest BCUT2D eigenvalue weighted by atomic mass is 10.1. The molecule has 61 heavy (non-hydrogen) atoms. The van der Waals surface area contributed by atoms with Crippen molar-refractivity contribution in [3.8, 4) is 0 Å². The predicted octanol–water partition coefficient (Wildman–Crippen LogP) is 16.0. The Morgan fingerprint density at radius 1 is 0.361 bits per heavy atom. The Bertz CT molecular complexity index is 1290. The van der Waals surface area contributed by atoms with Crippen LogP contribution in [0.4, 0.5) is 0 Å². The average Bonchev–Trinajstić information content (AvgIpc) is 3.26. The molecule has 0 bridgehead atoms. The second-order valence-electron chi connectivity index (χ2n) is 15.8. The molecular formula is C55H88O6. The maximum Gasteiger partial charge on any atom is 0.306 e. The molecule has 0 saturated heterocycles. The van der Waals surface area contributed by atoms with Crippen LogP contribution >= 0.6 is 0 Å². The van der Waals surface area contributed by atoms with Crippen molar-refractivity contribution in [3.05, 3.63) is 109 Å². The summed E-state index contributed by atoms with van der Waals surface area (Å²) in [5.74, 6) is -0.998. The van der Waals surface area contributed by atoms with E-state index in [1.165, 1.54) is 64.2 Å². The van der Waals surface area contributed by atoms with Crippen molar-refractivity contribution in [3.63, 3.8) is 0 Å². The van der Waals surface area contributed by atoms with Crippen molar-refractivity contribution in [1.82, 2.24) is 0 Å². The van der Waals surface area contributed by atoms with E-state index in [0.29, 0.717) is 19.3 Å². The van der Waals surface area contributed by atoms with Crippen LogP contribution in [-0.4, -0.2) is 37.2 Å². The lowest BCUT2D eigenvalue weighted by Crippen LogP contribution is -2.30. The second kappa shape index (κ2) is 48.7. The minimum atomic E-state index is -0.815. The summed E-state index contributed by atoms with van der Waals surface area (Å²) >= 11 is 0. The third kappa shape index (κ3) is 47.0. The Hall–Kier alpha value is -3.93. The number of carbonyl (C=O) groups is 3. The lowest BCUT2D eigenvalue weighted by molar-refractivity contribution is -0.167. The molecule has 0 rings (SSSR count). The van der Waals surface area contributed by atoms with Crippen LogP contribution in [0.15, 0.2) is 109 Å². The summed E-state index contributed by atoms with van der Waals surface area (Å²) in [5.41, 5.74) is 0. The Labute approximate surface area is 374 Å². The molecule has 0 heterocycles. The fourth-order valence-corrected chi connectivity index (χ4v) is 6.17. The average molecular weight is 845 g/mol. The van der Waals surface area contributed by atoms with Gasteiger partial charge >= 0.3 is 17.9 Å². The zero-order valence-corrected chi connectivity index (χ0v) is 39.1. The molecule has 0 aliphatic carbocycles. The maximum absolute atomic E-state index is 12.8. The van der Waals surface area contributed by atoms with E-state index in [0.717, 1.165) is 89.9 Å². The smallest absolute Gasteiger partial charge is 0.306 e. The van der Waals surface area contributed by atoms with Crippen LogP contribution in [0, 0.1) is 0 Å². The summed E-state index contributed by atoms with van der Waals surface area (Å²) in [5, 5.41) is 0. The summed E-state index contributed by atoms with van der Waals surface area (Å²) < 4.78 is 16.7. The molecule has 0 N–H and O–H groups in total. The van der Waals surface area contributed by atoms with Crippen molar-refractivity contribution in [2.75, 3.05) is 13.2 Å². The topological polar surface area (TPSA) is 78.9 Å². The third-order valence-corrected chi connectivity index (χ3v) is 9.89. The highest BCUT2D eigenvalue weighted by atomic mass is 16.6. The van der Waals surface area contributed by atoms with Crippen molar-refractivity contribution in [2.45, 2.75) is 207 Å². The molecule has 0 aromatic heterocycles. The lowest BCUT2D eigenvalue weighted by Gasteiger charge is -2.18. The van der Waals surface area contributed by atoms with Gasteiger partial charge in [-0.1, -0.05) is 201 Å². The third-order valence-electron chi connectivity index (χ3n) is 9.89. The van der Waals surface area contributed by atoms with Crippen LogP contribution in [0.25, 0.3) is 0 Å². The van der Waals surface area contributed by atoms with Gasteiger partial charge in [0.05, 0.1) is 0 Å². The quantitative estimate of drug-likeness (QED) is 0.0200. The number of carbonyl (C=O) groups excluding carboxylic acids is 3. The Morgan fingerprint density at radius 2 is 0.721 bits per heavy atom. The first-order valence-corrected chi connectivity index (χ1v) is 24.5. The second-order valence-corrected chi connectivity index (χ2v) is 15.8. The normalized spacial score (nSPS) is 13.0. The molecule has 0 saturated carbocycles. The van der Waals surface area contributed by atoms with Gasteiger partial charge in [-0.2, -0.15) is 0 Å². The molecule has 1 unspecified atom stereocenters. The molecule has 1 atom stereocenters. The zero-order valence-electron chi connectivity index (χ0n) is 39.1. The molecule has 0 aliphatic rings. The molecule has 6 nitrogen and oxygen atoms in total. The van der Waals surface area contributed by atoms with Gasteiger partial charge in [-0.25, -0.2) is 0 Å². The highest BCUT2D eigenvalue weighted by molar-refractivity contribution is 5.71. The van der Waals surface area contributed by atoms with E-state index in [1.807, 2.05) is 48.6 Å². The Morgan fingerprint density at radius 3 is 1.21 bits per heavy atom. The number of hydrogen-bond donors (Lipinski definition) is 0. The van der Waals surface area contributed by atoms with Crippen LogP contribution in [0.2, 0.25) is 0 Å². The van der Waals surface area contributed by atoms with Crippen LogP contribution in [0.1, 0.15) is 201 Å². The summed E-state index contributed by atoms with van der Waals surface area (Å²) in [6, 6.07) is 0. The van der Waals surface area contributed by atoms with Gasteiger partial charge in [0, 0.05) is 19.3 Å². The number of esters is 3. The number of rotatable bonds is 42. The summed E-state index contributed by atoms with van der Waals surface area (Å²) in [6.45, 7) is 6.33. The van der Waals surface area contributed by atoms with Gasteiger partial charge in [-0.15, -0.1) is 0 Å². The zero-order chi connectivity index (χ0) is 44.4. The fourth-order valence-electron chi connectivity index (χ4n) is 6.17. The summed E-state index contributed by atoms with van der Waals surface area (Å²) in [4.78, 5) is 37.9. The van der Waals surface area contributed by atoms with Crippen LogP contribution < -0.4 is 0 Å². The van der Waals surface area contributed by atoms with Crippen molar-refractivity contribution >= 4 is 17.9 Å². The highest BCUT2D eigenvalue weighted by Gasteiger charge is 2.19. The van der Waals surface area contributed by atoms with Crippen LogP contribution in [0.3, 0.4) is 0 Å². The van der Waals surface area contributed by atoms with Gasteiger partial charge < -0.3 is 14.2 Å². The molecule has 0 aromatic carbocycles. The number of hydrogen-bond acceptors (Lipinski definition) is 6. The van der Waals surface area contributed by atoms with E-state index in [4.69, 9.17) is 14.2 Å². The molecule has 344 valence electrons. The fraction of sp³-hybridized carbons (Fsp3) is 0.618. The van der Waals surface area contributed by atoms with Gasteiger partial charge in [-0.05, 0) is 89.9 Å². The van der Waals surface area contributed by atoms with Gasteiger partial charge in [0.25, 0.3) is 0 Å². The van der Waals surface area contributed by atoms with Gasteiger partial charge in [0.1, 0.15) is 13.2 Å². The number of ether oxygens (including phenoxy) is 3. The van der Waals surface area contributed by atoms with E-state index < -0.39 is 6.10 Å². The molecule has 0 radical (unpaired) electrons. The van der Waals surface area contributed by atoms with Crippen LogP contribution in [0.5, 0.6) is 0 Å². The first kappa shape index (κ1) is 57.1. The molecule has 0 amide bonds. The maximum atomic E-state index is 12.8. The summed E-state index contributed by atoms with van der Waals surface area (Å²) in [7, 11) is 0. The van der Waals surface area contributed by atoms with Gasteiger partial charge in [0.2, 0.25) is 0 Å². The monoisotopic (exact) mass is 845 g/mol. The largest absolute Gasteiger partial charge is 0.462 e. The molecular weight excluding hydrogens is 757 g/mol. The number of allylic oxidation sites excluding steroid dienone is 18. The Kier molecular flexibility index (Phi) is 45.6. The molecule has 6 heteroatoms. The van der Waals surface area contributed by atoms with Crippen LogP contribution in [-0.2, 0) is 28.6 Å². The first-order chi connectivity index (χ1) is 30.0. The molecule has 0 aromatic rings. The molecule has 0 fully saturated rings. The van der Waals surface area contributed by atoms with Crippen molar-refractivity contribution in [2.24, 2.45) is 0 Å². The minimum Gasteiger partial charge on any atom is -0.462 e. The highest BCUT2D eigenvalue weighted by Crippen LogP contribution is 2.13. The van der Waals surface area contributed by atoms with Crippen molar-refractivity contribution < 1.29 is 28.6 Å². The van der Waals surface area contributed by atoms with Gasteiger partial charge in [0.15, 0.2) is 6.10 Å². The van der Waals surface area contributed by atoms with E-state index in [9.17, 15) is 14.4 Å². The predicted molar refractivity (Wildman–Crippen MR) is 260 cm³/mol. The van der Waals surface area contributed by atoms with E-state index in [-0.39, 0.29) is 37.5 Å².